The van der Waals surface area contributed by atoms with Gasteiger partial charge in [0, 0.05) is 48.7 Å². The number of carbonyl (C=O) groups is 1. The Morgan fingerprint density at radius 1 is 1.08 bits per heavy atom. The number of amides is 1. The fourth-order valence-electron chi connectivity index (χ4n) is 5.31. The maximum absolute atomic E-state index is 12.3. The number of piperidine rings is 1. The highest BCUT2D eigenvalue weighted by Crippen LogP contribution is 2.33. The number of nitrogens with zero attached hydrogens (tertiary/aromatic N) is 4. The number of nitrogens with two attached hydrogens (primary N) is 1. The second-order valence-electron chi connectivity index (χ2n) is 10.5. The largest absolute Gasteiger partial charge is 0.397 e. The fraction of sp³-hybridized carbons (Fsp3) is 0.424. The highest BCUT2D eigenvalue weighted by molar-refractivity contribution is 5.94. The number of pyridine rings is 2. The number of benzene rings is 1. The predicted octanol–water partition coefficient (Wildman–Crippen LogP) is 6.74. The Hall–Kier alpha value is -3.51. The minimum atomic E-state index is 0.0553. The number of hydrogen-bond acceptors (Lipinski definition) is 5. The number of aryl methyl sites for hydroxylation is 2. The lowest BCUT2D eigenvalue weighted by molar-refractivity contribution is 0.0827. The van der Waals surface area contributed by atoms with E-state index in [0.717, 1.165) is 54.0 Å². The lowest BCUT2D eigenvalue weighted by Crippen LogP contribution is -2.40. The van der Waals surface area contributed by atoms with Gasteiger partial charge in [0.05, 0.1) is 17.6 Å². The lowest BCUT2D eigenvalue weighted by Gasteiger charge is -2.37. The van der Waals surface area contributed by atoms with Crippen molar-refractivity contribution in [2.75, 3.05) is 32.9 Å². The van der Waals surface area contributed by atoms with Gasteiger partial charge in [-0.05, 0) is 101 Å². The molecule has 0 saturated carbocycles. The molecule has 2 aromatic heterocycles. The van der Waals surface area contributed by atoms with Gasteiger partial charge in [-0.15, -0.1) is 0 Å². The zero-order valence-electron chi connectivity index (χ0n) is 25.0. The molecule has 1 atom stereocenters. The van der Waals surface area contributed by atoms with Crippen LogP contribution in [0.5, 0.6) is 0 Å². The molecule has 208 valence electrons. The van der Waals surface area contributed by atoms with Crippen LogP contribution in [0.25, 0.3) is 17.3 Å². The first-order chi connectivity index (χ1) is 18.7. The van der Waals surface area contributed by atoms with Gasteiger partial charge in [0.2, 0.25) is 0 Å². The SMILES string of the molecule is C/C(=C\c1c(-c2ccc(N)cn2)ccnc1C)C(C)N1CCC(c2ccc(C(=O)N(C)C)cc2C)CC1.CC. The van der Waals surface area contributed by atoms with E-state index in [0.29, 0.717) is 17.6 Å². The van der Waals surface area contributed by atoms with Gasteiger partial charge in [0.1, 0.15) is 0 Å². The molecule has 3 aromatic rings. The van der Waals surface area contributed by atoms with E-state index >= 15 is 0 Å². The minimum absolute atomic E-state index is 0.0553. The van der Waals surface area contributed by atoms with E-state index in [1.165, 1.54) is 16.7 Å². The van der Waals surface area contributed by atoms with Crippen molar-refractivity contribution in [3.05, 3.63) is 82.3 Å². The van der Waals surface area contributed by atoms with Crippen molar-refractivity contribution in [3.63, 3.8) is 0 Å². The molecule has 6 nitrogen and oxygen atoms in total. The summed E-state index contributed by atoms with van der Waals surface area (Å²) < 4.78 is 0. The van der Waals surface area contributed by atoms with Gasteiger partial charge in [0.15, 0.2) is 0 Å². The van der Waals surface area contributed by atoms with Crippen molar-refractivity contribution in [2.45, 2.75) is 66.3 Å². The molecule has 1 saturated heterocycles. The summed E-state index contributed by atoms with van der Waals surface area (Å²) in [4.78, 5) is 25.6. The van der Waals surface area contributed by atoms with Crippen LogP contribution in [0, 0.1) is 13.8 Å². The van der Waals surface area contributed by atoms with Crippen LogP contribution in [0.2, 0.25) is 0 Å². The van der Waals surface area contributed by atoms with E-state index < -0.39 is 0 Å². The first kappa shape index (κ1) is 30.0. The number of carbonyl (C=O) groups excluding carboxylic acids is 1. The molecule has 4 rings (SSSR count). The Kier molecular flexibility index (Phi) is 10.4. The number of aromatic nitrogens is 2. The van der Waals surface area contributed by atoms with Gasteiger partial charge in [-0.1, -0.05) is 31.6 Å². The highest BCUT2D eigenvalue weighted by Gasteiger charge is 2.26. The van der Waals surface area contributed by atoms with E-state index in [9.17, 15) is 4.79 Å². The Morgan fingerprint density at radius 2 is 1.77 bits per heavy atom. The highest BCUT2D eigenvalue weighted by atomic mass is 16.2. The van der Waals surface area contributed by atoms with E-state index in [2.05, 4.69) is 54.7 Å². The zero-order valence-corrected chi connectivity index (χ0v) is 25.0. The topological polar surface area (TPSA) is 75.3 Å². The van der Waals surface area contributed by atoms with Crippen molar-refractivity contribution < 1.29 is 4.79 Å². The van der Waals surface area contributed by atoms with E-state index in [1.807, 2.05) is 50.4 Å². The molecule has 2 N–H and O–H groups in total. The number of rotatable bonds is 6. The first-order valence-corrected chi connectivity index (χ1v) is 14.1. The van der Waals surface area contributed by atoms with Crippen LogP contribution in [0.3, 0.4) is 0 Å². The number of anilines is 1. The van der Waals surface area contributed by atoms with Crippen molar-refractivity contribution in [3.8, 4) is 11.3 Å². The van der Waals surface area contributed by atoms with Crippen molar-refractivity contribution >= 4 is 17.7 Å². The Balaban J connectivity index is 0.00000205. The third kappa shape index (κ3) is 7.12. The molecule has 0 spiro atoms. The molecule has 0 bridgehead atoms. The summed E-state index contributed by atoms with van der Waals surface area (Å²) in [5.41, 5.74) is 15.3. The van der Waals surface area contributed by atoms with Gasteiger partial charge in [0.25, 0.3) is 5.91 Å². The van der Waals surface area contributed by atoms with Crippen molar-refractivity contribution in [2.24, 2.45) is 0 Å². The summed E-state index contributed by atoms with van der Waals surface area (Å²) >= 11 is 0. The van der Waals surface area contributed by atoms with Gasteiger partial charge < -0.3 is 10.6 Å². The van der Waals surface area contributed by atoms with E-state index in [-0.39, 0.29) is 5.91 Å². The zero-order chi connectivity index (χ0) is 28.7. The van der Waals surface area contributed by atoms with Crippen LogP contribution < -0.4 is 5.73 Å². The smallest absolute Gasteiger partial charge is 0.253 e. The van der Waals surface area contributed by atoms with Gasteiger partial charge in [-0.25, -0.2) is 0 Å². The maximum atomic E-state index is 12.3. The summed E-state index contributed by atoms with van der Waals surface area (Å²) in [6.07, 6.45) is 8.05. The first-order valence-electron chi connectivity index (χ1n) is 14.1. The summed E-state index contributed by atoms with van der Waals surface area (Å²) in [6.45, 7) is 14.8. The maximum Gasteiger partial charge on any atom is 0.253 e. The number of likely N-dealkylation sites (tertiary alicyclic amines) is 1. The Morgan fingerprint density at radius 3 is 2.36 bits per heavy atom. The molecule has 6 heteroatoms. The molecular formula is C33H45N5O. The van der Waals surface area contributed by atoms with Crippen LogP contribution in [-0.4, -0.2) is 58.9 Å². The summed E-state index contributed by atoms with van der Waals surface area (Å²) in [5.74, 6) is 0.583. The molecule has 1 aliphatic heterocycles. The van der Waals surface area contributed by atoms with Crippen molar-refractivity contribution in [1.29, 1.82) is 0 Å². The molecule has 1 fully saturated rings. The molecule has 0 aliphatic carbocycles. The molecule has 1 aromatic carbocycles. The molecule has 1 unspecified atom stereocenters. The van der Waals surface area contributed by atoms with Crippen LogP contribution >= 0.6 is 0 Å². The van der Waals surface area contributed by atoms with Gasteiger partial charge in [-0.2, -0.15) is 0 Å². The monoisotopic (exact) mass is 527 g/mol. The van der Waals surface area contributed by atoms with Crippen LogP contribution in [0.4, 0.5) is 5.69 Å². The number of hydrogen-bond donors (Lipinski definition) is 1. The quantitative estimate of drug-likeness (QED) is 0.384. The average molecular weight is 528 g/mol. The third-order valence-corrected chi connectivity index (χ3v) is 7.72. The van der Waals surface area contributed by atoms with Crippen LogP contribution in [0.15, 0.2) is 54.4 Å². The summed E-state index contributed by atoms with van der Waals surface area (Å²) in [5, 5.41) is 0. The molecule has 39 heavy (non-hydrogen) atoms. The minimum Gasteiger partial charge on any atom is -0.397 e. The Bertz CT molecular complexity index is 1290. The van der Waals surface area contributed by atoms with E-state index in [1.54, 1.807) is 25.2 Å². The molecular weight excluding hydrogens is 482 g/mol. The second-order valence-corrected chi connectivity index (χ2v) is 10.5. The molecule has 0 radical (unpaired) electrons. The Labute approximate surface area is 235 Å². The van der Waals surface area contributed by atoms with E-state index in [4.69, 9.17) is 5.73 Å². The predicted molar refractivity (Wildman–Crippen MR) is 164 cm³/mol. The number of nitrogen functional groups attached to an aromatic ring is 1. The molecule has 1 aliphatic rings. The third-order valence-electron chi connectivity index (χ3n) is 7.72. The van der Waals surface area contributed by atoms with Gasteiger partial charge >= 0.3 is 0 Å². The standard InChI is InChI=1S/C31H39N5O.C2H6/c1-20(18-29-22(3)33-14-11-28(29)30-10-8-26(32)19-34-30)23(4)36-15-12-24(13-16-36)27-9-7-25(17-21(27)2)31(37)35(5)6;1-2/h7-11,14,17-19,23-24H,12-13,15-16,32H2,1-6H3;1-2H3/b20-18+;. The fourth-order valence-corrected chi connectivity index (χ4v) is 5.31. The van der Waals surface area contributed by atoms with Crippen LogP contribution in [0.1, 0.15) is 79.2 Å². The second kappa shape index (κ2) is 13.5. The molecule has 1 amide bonds. The summed E-state index contributed by atoms with van der Waals surface area (Å²) in [6, 6.07) is 12.4. The van der Waals surface area contributed by atoms with Gasteiger partial charge in [-0.3, -0.25) is 19.7 Å². The van der Waals surface area contributed by atoms with Crippen molar-refractivity contribution in [1.82, 2.24) is 19.8 Å². The lowest BCUT2D eigenvalue weighted by atomic mass is 9.85. The normalized spacial score (nSPS) is 15.3. The average Bonchev–Trinajstić information content (AvgIpc) is 2.95. The molecule has 3 heterocycles. The summed E-state index contributed by atoms with van der Waals surface area (Å²) in [7, 11) is 3.59. The van der Waals surface area contributed by atoms with Crippen LogP contribution in [-0.2, 0) is 0 Å².